The van der Waals surface area contributed by atoms with Gasteiger partial charge in [0.1, 0.15) is 11.6 Å². The summed E-state index contributed by atoms with van der Waals surface area (Å²) in [6.45, 7) is 0. The summed E-state index contributed by atoms with van der Waals surface area (Å²) in [5.41, 5.74) is 3.72. The summed E-state index contributed by atoms with van der Waals surface area (Å²) in [7, 11) is 0. The van der Waals surface area contributed by atoms with Gasteiger partial charge in [-0.25, -0.2) is 4.39 Å². The van der Waals surface area contributed by atoms with Crippen LogP contribution in [0.4, 0.5) is 10.1 Å². The monoisotopic (exact) mass is 399 g/mol. The van der Waals surface area contributed by atoms with Crippen LogP contribution in [0.3, 0.4) is 0 Å². The molecule has 5 heteroatoms. The number of nitrogens with zero attached hydrogens (tertiary/aromatic N) is 1. The Morgan fingerprint density at radius 1 is 0.800 bits per heavy atom. The van der Waals surface area contributed by atoms with Crippen LogP contribution in [0.2, 0.25) is 0 Å². The number of halogens is 1. The maximum Gasteiger partial charge on any atom is 0.278 e. The summed E-state index contributed by atoms with van der Waals surface area (Å²) < 4.78 is 13.2. The van der Waals surface area contributed by atoms with E-state index in [0.29, 0.717) is 23.1 Å². The predicted octanol–water partition coefficient (Wildman–Crippen LogP) is 6.36. The summed E-state index contributed by atoms with van der Waals surface area (Å²) in [5, 5.41) is 22.4. The molecule has 0 radical (unpaired) electrons. The van der Waals surface area contributed by atoms with Crippen LogP contribution in [0, 0.1) is 15.9 Å². The highest BCUT2D eigenvalue weighted by Gasteiger charge is 2.24. The summed E-state index contributed by atoms with van der Waals surface area (Å²) in [5.74, 6) is -0.353. The molecule has 4 aromatic carbocycles. The smallest absolute Gasteiger partial charge is 0.278 e. The molecular formula is C25H18FNO3. The number of phenols is 1. The van der Waals surface area contributed by atoms with Gasteiger partial charge in [-0.1, -0.05) is 60.7 Å². The number of hydrogen-bond donors (Lipinski definition) is 1. The van der Waals surface area contributed by atoms with Gasteiger partial charge >= 0.3 is 0 Å². The zero-order valence-corrected chi connectivity index (χ0v) is 16.0. The number of nitro benzene ring substituents is 1. The largest absolute Gasteiger partial charge is 0.507 e. The first-order valence-electron chi connectivity index (χ1n) is 9.42. The van der Waals surface area contributed by atoms with Gasteiger partial charge in [0.25, 0.3) is 5.69 Å². The minimum Gasteiger partial charge on any atom is -0.507 e. The Kier molecular flexibility index (Phi) is 5.26. The molecule has 0 aliphatic rings. The van der Waals surface area contributed by atoms with Crippen LogP contribution < -0.4 is 0 Å². The number of rotatable bonds is 5. The van der Waals surface area contributed by atoms with Gasteiger partial charge in [0, 0.05) is 11.6 Å². The van der Waals surface area contributed by atoms with Crippen molar-refractivity contribution in [1.82, 2.24) is 0 Å². The van der Waals surface area contributed by atoms with E-state index in [2.05, 4.69) is 0 Å². The van der Waals surface area contributed by atoms with E-state index in [1.807, 2.05) is 36.4 Å². The molecule has 0 aromatic heterocycles. The third-order valence-electron chi connectivity index (χ3n) is 4.95. The van der Waals surface area contributed by atoms with Gasteiger partial charge in [-0.2, -0.15) is 0 Å². The maximum absolute atomic E-state index is 13.2. The average Bonchev–Trinajstić information content (AvgIpc) is 2.76. The van der Waals surface area contributed by atoms with Crippen molar-refractivity contribution in [2.24, 2.45) is 0 Å². The van der Waals surface area contributed by atoms with Crippen LogP contribution in [-0.2, 0) is 6.42 Å². The van der Waals surface area contributed by atoms with E-state index in [0.717, 1.165) is 16.7 Å². The molecular weight excluding hydrogens is 381 g/mol. The molecule has 1 N–H and O–H groups in total. The predicted molar refractivity (Wildman–Crippen MR) is 115 cm³/mol. The second kappa shape index (κ2) is 8.17. The first-order chi connectivity index (χ1) is 14.5. The van der Waals surface area contributed by atoms with E-state index in [1.54, 1.807) is 30.3 Å². The SMILES string of the molecule is O=[N+]([O-])c1cc(Cc2ccc(F)cc2)cc(-c2ccccc2)c1-c1ccccc1O. The molecule has 0 unspecified atom stereocenters. The molecule has 0 fully saturated rings. The number of phenolic OH excluding ortho intramolecular Hbond substituents is 1. The Labute approximate surface area is 173 Å². The molecule has 0 saturated carbocycles. The maximum atomic E-state index is 13.2. The van der Waals surface area contributed by atoms with E-state index in [4.69, 9.17) is 0 Å². The minimum atomic E-state index is -0.428. The molecule has 0 heterocycles. The first kappa shape index (κ1) is 19.3. The fraction of sp³-hybridized carbons (Fsp3) is 0.0400. The van der Waals surface area contributed by atoms with Crippen molar-refractivity contribution >= 4 is 5.69 Å². The second-order valence-electron chi connectivity index (χ2n) is 6.98. The molecule has 0 amide bonds. The van der Waals surface area contributed by atoms with Gasteiger partial charge in [0.15, 0.2) is 0 Å². The molecule has 0 saturated heterocycles. The van der Waals surface area contributed by atoms with Crippen LogP contribution in [0.15, 0.2) is 91.0 Å². The van der Waals surface area contributed by atoms with Crippen molar-refractivity contribution in [3.63, 3.8) is 0 Å². The number of para-hydroxylation sites is 1. The van der Waals surface area contributed by atoms with Crippen molar-refractivity contribution in [2.45, 2.75) is 6.42 Å². The van der Waals surface area contributed by atoms with E-state index in [9.17, 15) is 19.6 Å². The lowest BCUT2D eigenvalue weighted by atomic mass is 9.89. The van der Waals surface area contributed by atoms with Crippen molar-refractivity contribution in [3.8, 4) is 28.0 Å². The van der Waals surface area contributed by atoms with Crippen molar-refractivity contribution in [1.29, 1.82) is 0 Å². The zero-order chi connectivity index (χ0) is 21.1. The van der Waals surface area contributed by atoms with Crippen LogP contribution in [0.25, 0.3) is 22.3 Å². The summed E-state index contributed by atoms with van der Waals surface area (Å²) in [4.78, 5) is 11.6. The summed E-state index contributed by atoms with van der Waals surface area (Å²) in [6.07, 6.45) is 0.419. The Morgan fingerprint density at radius 3 is 2.13 bits per heavy atom. The van der Waals surface area contributed by atoms with Crippen molar-refractivity contribution in [2.75, 3.05) is 0 Å². The highest BCUT2D eigenvalue weighted by Crippen LogP contribution is 2.43. The minimum absolute atomic E-state index is 0.0240. The number of aromatic hydroxyl groups is 1. The highest BCUT2D eigenvalue weighted by atomic mass is 19.1. The van der Waals surface area contributed by atoms with Gasteiger partial charge in [-0.3, -0.25) is 10.1 Å². The lowest BCUT2D eigenvalue weighted by Crippen LogP contribution is -1.99. The molecule has 0 aliphatic heterocycles. The fourth-order valence-electron chi connectivity index (χ4n) is 3.58. The lowest BCUT2D eigenvalue weighted by Gasteiger charge is -2.15. The van der Waals surface area contributed by atoms with Crippen LogP contribution in [-0.4, -0.2) is 10.0 Å². The Hall–Kier alpha value is -3.99. The second-order valence-corrected chi connectivity index (χ2v) is 6.98. The van der Waals surface area contributed by atoms with Gasteiger partial charge in [-0.15, -0.1) is 0 Å². The summed E-state index contributed by atoms with van der Waals surface area (Å²) >= 11 is 0. The Balaban J connectivity index is 1.96. The van der Waals surface area contributed by atoms with Gasteiger partial charge in [0.2, 0.25) is 0 Å². The summed E-state index contributed by atoms with van der Waals surface area (Å²) in [6, 6.07) is 25.5. The first-order valence-corrected chi connectivity index (χ1v) is 9.42. The zero-order valence-electron chi connectivity index (χ0n) is 16.0. The van der Waals surface area contributed by atoms with Crippen molar-refractivity contribution in [3.05, 3.63) is 118 Å². The highest BCUT2D eigenvalue weighted by molar-refractivity contribution is 5.92. The molecule has 0 aliphatic carbocycles. The Bertz CT molecular complexity index is 1210. The number of benzene rings is 4. The molecule has 0 atom stereocenters. The number of hydrogen-bond acceptors (Lipinski definition) is 3. The topological polar surface area (TPSA) is 63.4 Å². The van der Waals surface area contributed by atoms with E-state index >= 15 is 0 Å². The molecule has 4 rings (SSSR count). The lowest BCUT2D eigenvalue weighted by molar-refractivity contribution is -0.384. The molecule has 30 heavy (non-hydrogen) atoms. The molecule has 4 nitrogen and oxygen atoms in total. The van der Waals surface area contributed by atoms with Crippen LogP contribution >= 0.6 is 0 Å². The van der Waals surface area contributed by atoms with Gasteiger partial charge in [0.05, 0.1) is 10.5 Å². The Morgan fingerprint density at radius 2 is 1.47 bits per heavy atom. The molecule has 0 spiro atoms. The fourth-order valence-corrected chi connectivity index (χ4v) is 3.58. The molecule has 148 valence electrons. The van der Waals surface area contributed by atoms with Gasteiger partial charge in [-0.05, 0) is 52.9 Å². The standard InChI is InChI=1S/C25H18FNO3/c26-20-12-10-17(11-13-20)14-18-15-22(19-6-2-1-3-7-19)25(23(16-18)27(29)30)21-8-4-5-9-24(21)28/h1-13,15-16,28H,14H2. The molecule has 0 bridgehead atoms. The quantitative estimate of drug-likeness (QED) is 0.313. The normalized spacial score (nSPS) is 10.7. The van der Waals surface area contributed by atoms with Gasteiger partial charge < -0.3 is 5.11 Å². The van der Waals surface area contributed by atoms with Crippen molar-refractivity contribution < 1.29 is 14.4 Å². The van der Waals surface area contributed by atoms with Crippen LogP contribution in [0.1, 0.15) is 11.1 Å². The third kappa shape index (κ3) is 3.91. The third-order valence-corrected chi connectivity index (χ3v) is 4.95. The van der Waals surface area contributed by atoms with Crippen LogP contribution in [0.5, 0.6) is 5.75 Å². The average molecular weight is 399 g/mol. The van der Waals surface area contributed by atoms with E-state index in [1.165, 1.54) is 24.3 Å². The molecule has 4 aromatic rings. The van der Waals surface area contributed by atoms with E-state index < -0.39 is 4.92 Å². The number of nitro groups is 1. The van der Waals surface area contributed by atoms with E-state index in [-0.39, 0.29) is 17.3 Å².